The highest BCUT2D eigenvalue weighted by Crippen LogP contribution is 2.47. The fourth-order valence-electron chi connectivity index (χ4n) is 5.24. The number of aryl methyl sites for hydroxylation is 4. The van der Waals surface area contributed by atoms with Crippen molar-refractivity contribution >= 4 is 18.5 Å². The summed E-state index contributed by atoms with van der Waals surface area (Å²) in [6.45, 7) is 14.3. The van der Waals surface area contributed by atoms with Crippen LogP contribution < -0.4 is 20.1 Å². The highest BCUT2D eigenvalue weighted by atomic mass is 31.1. The van der Waals surface area contributed by atoms with Crippen LogP contribution in [0.2, 0.25) is 0 Å². The summed E-state index contributed by atoms with van der Waals surface area (Å²) in [5, 5.41) is 2.66. The molecule has 0 spiro atoms. The van der Waals surface area contributed by atoms with Crippen LogP contribution in [0.25, 0.3) is 0 Å². The first kappa shape index (κ1) is 34.6. The zero-order valence-electron chi connectivity index (χ0n) is 26.9. The molecule has 0 amide bonds. The summed E-state index contributed by atoms with van der Waals surface area (Å²) in [7, 11) is 2.65. The number of rotatable bonds is 21. The van der Waals surface area contributed by atoms with E-state index in [9.17, 15) is 0 Å². The number of unbranched alkanes of at least 4 members (excludes halogenated alkanes) is 4. The average Bonchev–Trinajstić information content (AvgIpc) is 2.95. The van der Waals surface area contributed by atoms with E-state index in [1.165, 1.54) is 58.5 Å². The molecule has 0 aliphatic carbocycles. The Kier molecular flexibility index (Phi) is 16.9. The van der Waals surface area contributed by atoms with Crippen LogP contribution >= 0.6 is 7.92 Å². The van der Waals surface area contributed by atoms with Gasteiger partial charge in [-0.25, -0.2) is 0 Å². The number of hydrogen-bond donors (Lipinski definition) is 0. The molecule has 0 atom stereocenters. The van der Waals surface area contributed by atoms with E-state index in [0.29, 0.717) is 5.66 Å². The van der Waals surface area contributed by atoms with Crippen molar-refractivity contribution < 1.29 is 18.9 Å². The molecular weight excluding hydrogens is 515 g/mol. The van der Waals surface area contributed by atoms with Crippen LogP contribution in [-0.4, -0.2) is 33.5 Å². The Morgan fingerprint density at radius 3 is 1.27 bits per heavy atom. The average molecular weight is 573 g/mol. The molecule has 0 bridgehead atoms. The number of hydrogen-bond acceptors (Lipinski definition) is 4. The first-order valence-corrected chi connectivity index (χ1v) is 17.2. The van der Waals surface area contributed by atoms with Crippen LogP contribution in [0.5, 0.6) is 11.5 Å². The van der Waals surface area contributed by atoms with Crippen molar-refractivity contribution in [2.24, 2.45) is 0 Å². The van der Waals surface area contributed by atoms with Gasteiger partial charge in [0.1, 0.15) is 11.5 Å². The Labute approximate surface area is 247 Å². The first-order valence-electron chi connectivity index (χ1n) is 15.8. The number of ether oxygens (including phenoxy) is 4. The molecule has 0 aromatic heterocycles. The van der Waals surface area contributed by atoms with Gasteiger partial charge >= 0.3 is 0 Å². The lowest BCUT2D eigenvalue weighted by Gasteiger charge is -2.30. The Balaban J connectivity index is 2.88. The standard InChI is InChI=1S/C35H57O4P/c1-9-13-17-28-21-30(19-15-11-3)34(38-25-36-7)32(23-28)40(27(5)6)33-24-29(18-14-10-2)22-31(20-16-12-4)35(33)39-26-37-8/h21-24,27H,9-20,25-26H2,1-8H3. The molecule has 2 rings (SSSR count). The molecule has 0 fully saturated rings. The van der Waals surface area contributed by atoms with Gasteiger partial charge in [0, 0.05) is 24.8 Å². The summed E-state index contributed by atoms with van der Waals surface area (Å²) in [5.74, 6) is 2.06. The summed E-state index contributed by atoms with van der Waals surface area (Å²) in [5.41, 5.74) is 5.90. The summed E-state index contributed by atoms with van der Waals surface area (Å²) in [4.78, 5) is 0. The third-order valence-corrected chi connectivity index (χ3v) is 10.1. The normalized spacial score (nSPS) is 11.6. The summed E-state index contributed by atoms with van der Waals surface area (Å²) in [6.07, 6.45) is 13.6. The maximum Gasteiger partial charge on any atom is 0.188 e. The molecule has 2 aromatic carbocycles. The molecule has 0 radical (unpaired) electrons. The van der Waals surface area contributed by atoms with Crippen LogP contribution in [0.1, 0.15) is 115 Å². The van der Waals surface area contributed by atoms with Crippen molar-refractivity contribution in [2.75, 3.05) is 27.8 Å². The second kappa shape index (κ2) is 19.5. The molecule has 5 heteroatoms. The quantitative estimate of drug-likeness (QED) is 0.111. The van der Waals surface area contributed by atoms with E-state index in [2.05, 4.69) is 65.8 Å². The van der Waals surface area contributed by atoms with Crippen molar-refractivity contribution in [1.82, 2.24) is 0 Å². The zero-order chi connectivity index (χ0) is 29.3. The first-order chi connectivity index (χ1) is 19.4. The largest absolute Gasteiger partial charge is 0.467 e. The molecule has 0 aliphatic rings. The fourth-order valence-corrected chi connectivity index (χ4v) is 8.08. The van der Waals surface area contributed by atoms with Crippen LogP contribution in [0.15, 0.2) is 24.3 Å². The summed E-state index contributed by atoms with van der Waals surface area (Å²) < 4.78 is 23.8. The predicted octanol–water partition coefficient (Wildman–Crippen LogP) is 8.86. The van der Waals surface area contributed by atoms with Crippen LogP contribution in [-0.2, 0) is 35.2 Å². The van der Waals surface area contributed by atoms with Gasteiger partial charge in [0.25, 0.3) is 0 Å². The molecule has 0 heterocycles. The topological polar surface area (TPSA) is 36.9 Å². The van der Waals surface area contributed by atoms with E-state index < -0.39 is 7.92 Å². The van der Waals surface area contributed by atoms with Crippen LogP contribution in [0.4, 0.5) is 0 Å². The molecule has 0 aliphatic heterocycles. The second-order valence-electron chi connectivity index (χ2n) is 11.2. The molecule has 40 heavy (non-hydrogen) atoms. The van der Waals surface area contributed by atoms with Crippen molar-refractivity contribution in [3.05, 3.63) is 46.5 Å². The molecule has 0 saturated carbocycles. The summed E-state index contributed by atoms with van der Waals surface area (Å²) in [6, 6.07) is 9.71. The maximum atomic E-state index is 6.47. The van der Waals surface area contributed by atoms with E-state index in [1.54, 1.807) is 14.2 Å². The minimum absolute atomic E-state index is 0.257. The van der Waals surface area contributed by atoms with Gasteiger partial charge in [-0.05, 0) is 99.3 Å². The third kappa shape index (κ3) is 10.3. The minimum atomic E-state index is -0.770. The van der Waals surface area contributed by atoms with Crippen molar-refractivity contribution in [1.29, 1.82) is 0 Å². The Morgan fingerprint density at radius 2 is 0.950 bits per heavy atom. The molecule has 0 unspecified atom stereocenters. The van der Waals surface area contributed by atoms with E-state index >= 15 is 0 Å². The third-order valence-electron chi connectivity index (χ3n) is 7.33. The van der Waals surface area contributed by atoms with Gasteiger partial charge in [-0.3, -0.25) is 0 Å². The van der Waals surface area contributed by atoms with E-state index in [1.807, 2.05) is 0 Å². The van der Waals surface area contributed by atoms with E-state index in [4.69, 9.17) is 18.9 Å². The van der Waals surface area contributed by atoms with Gasteiger partial charge in [0.2, 0.25) is 0 Å². The van der Waals surface area contributed by atoms with Crippen molar-refractivity contribution in [3.8, 4) is 11.5 Å². The lowest BCUT2D eigenvalue weighted by atomic mass is 10.0. The van der Waals surface area contributed by atoms with Crippen molar-refractivity contribution in [2.45, 2.75) is 124 Å². The predicted molar refractivity (Wildman–Crippen MR) is 174 cm³/mol. The van der Waals surface area contributed by atoms with Crippen LogP contribution in [0, 0.1) is 0 Å². The van der Waals surface area contributed by atoms with Gasteiger partial charge in [-0.15, -0.1) is 0 Å². The number of methoxy groups -OCH3 is 2. The SMILES string of the molecule is CCCCc1cc(CCCC)c(OCOC)c(P(c2cc(CCCC)cc(CCCC)c2OCOC)C(C)C)c1. The lowest BCUT2D eigenvalue weighted by molar-refractivity contribution is 0.0511. The van der Waals surface area contributed by atoms with Crippen molar-refractivity contribution in [3.63, 3.8) is 0 Å². The molecular formula is C35H57O4P. The molecule has 226 valence electrons. The van der Waals surface area contributed by atoms with Gasteiger partial charge < -0.3 is 18.9 Å². The minimum Gasteiger partial charge on any atom is -0.467 e. The van der Waals surface area contributed by atoms with E-state index in [-0.39, 0.29) is 13.6 Å². The van der Waals surface area contributed by atoms with Gasteiger partial charge in [-0.2, -0.15) is 0 Å². The highest BCUT2D eigenvalue weighted by molar-refractivity contribution is 7.74. The van der Waals surface area contributed by atoms with Gasteiger partial charge in [0.05, 0.1) is 0 Å². The maximum absolute atomic E-state index is 6.47. The molecule has 0 N–H and O–H groups in total. The Morgan fingerprint density at radius 1 is 0.575 bits per heavy atom. The van der Waals surface area contributed by atoms with Crippen LogP contribution in [0.3, 0.4) is 0 Å². The molecule has 2 aromatic rings. The Bertz CT molecular complexity index is 912. The lowest BCUT2D eigenvalue weighted by Crippen LogP contribution is -2.25. The molecule has 0 saturated heterocycles. The molecule has 4 nitrogen and oxygen atoms in total. The highest BCUT2D eigenvalue weighted by Gasteiger charge is 2.29. The smallest absolute Gasteiger partial charge is 0.188 e. The van der Waals surface area contributed by atoms with E-state index in [0.717, 1.165) is 62.9 Å². The second-order valence-corrected chi connectivity index (χ2v) is 13.9. The van der Waals surface area contributed by atoms with Gasteiger partial charge in [-0.1, -0.05) is 79.4 Å². The number of benzene rings is 2. The zero-order valence-corrected chi connectivity index (χ0v) is 27.8. The Hall–Kier alpha value is -1.61. The van der Waals surface area contributed by atoms with Gasteiger partial charge in [0.15, 0.2) is 13.6 Å². The fraction of sp³-hybridized carbons (Fsp3) is 0.657. The monoisotopic (exact) mass is 572 g/mol. The summed E-state index contributed by atoms with van der Waals surface area (Å²) >= 11 is 0.